The van der Waals surface area contributed by atoms with E-state index in [9.17, 15) is 0 Å². The smallest absolute Gasteiger partial charge is 0.00797 e. The molecule has 0 radical (unpaired) electrons. The number of piperidine rings is 1. The zero-order valence-electron chi connectivity index (χ0n) is 8.92. The Morgan fingerprint density at radius 1 is 1.62 bits per heavy atom. The quantitative estimate of drug-likeness (QED) is 0.660. The van der Waals surface area contributed by atoms with Crippen molar-refractivity contribution >= 4 is 0 Å². The van der Waals surface area contributed by atoms with Crippen LogP contribution in [-0.2, 0) is 0 Å². The van der Waals surface area contributed by atoms with E-state index in [1.807, 2.05) is 0 Å². The highest BCUT2D eigenvalue weighted by Crippen LogP contribution is 2.18. The molecule has 1 rings (SSSR count). The topological polar surface area (TPSA) is 41.3 Å². The van der Waals surface area contributed by atoms with Crippen LogP contribution in [0.3, 0.4) is 0 Å². The maximum atomic E-state index is 5.46. The van der Waals surface area contributed by atoms with E-state index < -0.39 is 0 Å². The average Bonchev–Trinajstić information content (AvgIpc) is 2.14. The third kappa shape index (κ3) is 3.63. The summed E-state index contributed by atoms with van der Waals surface area (Å²) in [6, 6.07) is 0.617. The summed E-state index contributed by atoms with van der Waals surface area (Å²) in [5.41, 5.74) is 5.46. The van der Waals surface area contributed by atoms with Crippen molar-refractivity contribution in [3.05, 3.63) is 0 Å². The van der Waals surface area contributed by atoms with Crippen molar-refractivity contribution in [2.75, 3.05) is 33.2 Å². The molecule has 1 saturated heterocycles. The first-order valence-corrected chi connectivity index (χ1v) is 5.36. The summed E-state index contributed by atoms with van der Waals surface area (Å²) in [7, 11) is 2.21. The summed E-state index contributed by atoms with van der Waals surface area (Å²) in [6.07, 6.45) is 2.71. The molecule has 3 nitrogen and oxygen atoms in total. The summed E-state index contributed by atoms with van der Waals surface area (Å²) in [6.45, 7) is 6.46. The van der Waals surface area contributed by atoms with Gasteiger partial charge in [-0.2, -0.15) is 0 Å². The molecule has 0 spiro atoms. The lowest BCUT2D eigenvalue weighted by Crippen LogP contribution is -2.44. The van der Waals surface area contributed by atoms with Crippen LogP contribution in [0.15, 0.2) is 0 Å². The number of likely N-dealkylation sites (tertiary alicyclic amines) is 1. The number of hydrogen-bond donors (Lipinski definition) is 2. The van der Waals surface area contributed by atoms with Crippen LogP contribution < -0.4 is 11.1 Å². The zero-order valence-corrected chi connectivity index (χ0v) is 8.92. The predicted molar refractivity (Wildman–Crippen MR) is 56.7 cm³/mol. The maximum absolute atomic E-state index is 5.46. The first-order chi connectivity index (χ1) is 6.24. The van der Waals surface area contributed by atoms with Gasteiger partial charge in [0.2, 0.25) is 0 Å². The highest BCUT2D eigenvalue weighted by molar-refractivity contribution is 4.78. The van der Waals surface area contributed by atoms with Crippen LogP contribution in [0.1, 0.15) is 19.8 Å². The lowest BCUT2D eigenvalue weighted by Gasteiger charge is -2.33. The van der Waals surface area contributed by atoms with Crippen LogP contribution in [0.4, 0.5) is 0 Å². The lowest BCUT2D eigenvalue weighted by atomic mass is 9.92. The van der Waals surface area contributed by atoms with Crippen molar-refractivity contribution in [2.45, 2.75) is 25.8 Å². The van der Waals surface area contributed by atoms with Crippen molar-refractivity contribution in [3.8, 4) is 0 Å². The number of rotatable bonds is 4. The molecule has 1 aliphatic heterocycles. The highest BCUT2D eigenvalue weighted by Gasteiger charge is 2.21. The molecule has 0 aromatic carbocycles. The van der Waals surface area contributed by atoms with Crippen LogP contribution in [-0.4, -0.2) is 44.2 Å². The highest BCUT2D eigenvalue weighted by atomic mass is 15.1. The lowest BCUT2D eigenvalue weighted by molar-refractivity contribution is 0.179. The van der Waals surface area contributed by atoms with Gasteiger partial charge in [0.25, 0.3) is 0 Å². The van der Waals surface area contributed by atoms with Gasteiger partial charge >= 0.3 is 0 Å². The molecule has 2 unspecified atom stereocenters. The van der Waals surface area contributed by atoms with Crippen molar-refractivity contribution < 1.29 is 0 Å². The number of nitrogens with one attached hydrogen (secondary N) is 1. The van der Waals surface area contributed by atoms with E-state index in [4.69, 9.17) is 5.73 Å². The Balaban J connectivity index is 2.24. The van der Waals surface area contributed by atoms with Gasteiger partial charge < -0.3 is 16.0 Å². The van der Waals surface area contributed by atoms with Crippen molar-refractivity contribution in [1.29, 1.82) is 0 Å². The number of hydrogen-bond acceptors (Lipinski definition) is 3. The van der Waals surface area contributed by atoms with Crippen LogP contribution in [0.25, 0.3) is 0 Å². The van der Waals surface area contributed by atoms with Crippen LogP contribution in [0.5, 0.6) is 0 Å². The predicted octanol–water partition coefficient (Wildman–Crippen LogP) is 0.265. The van der Waals surface area contributed by atoms with Crippen LogP contribution in [0, 0.1) is 5.92 Å². The molecule has 78 valence electrons. The minimum Gasteiger partial charge on any atom is -0.329 e. The standard InChI is InChI=1S/C10H23N3/c1-9(12-6-5-11)10-4-3-7-13(2)8-10/h9-10,12H,3-8,11H2,1-2H3. The third-order valence-corrected chi connectivity index (χ3v) is 2.98. The normalized spacial score (nSPS) is 27.5. The summed E-state index contributed by atoms with van der Waals surface area (Å²) in [4.78, 5) is 2.43. The molecule has 0 aromatic heterocycles. The molecule has 13 heavy (non-hydrogen) atoms. The molecule has 0 amide bonds. The third-order valence-electron chi connectivity index (χ3n) is 2.98. The molecule has 3 N–H and O–H groups in total. The number of nitrogens with zero attached hydrogens (tertiary/aromatic N) is 1. The van der Waals surface area contributed by atoms with Crippen molar-refractivity contribution in [1.82, 2.24) is 10.2 Å². The molecule has 1 heterocycles. The van der Waals surface area contributed by atoms with Gasteiger partial charge in [-0.1, -0.05) is 0 Å². The summed E-state index contributed by atoms with van der Waals surface area (Å²) >= 11 is 0. The fourth-order valence-electron chi connectivity index (χ4n) is 2.09. The molecule has 0 aliphatic carbocycles. The fraction of sp³-hybridized carbons (Fsp3) is 1.00. The van der Waals surface area contributed by atoms with E-state index in [0.717, 1.165) is 19.0 Å². The molecule has 3 heteroatoms. The molecular formula is C10H23N3. The van der Waals surface area contributed by atoms with Gasteiger partial charge in [-0.3, -0.25) is 0 Å². The Morgan fingerprint density at radius 2 is 2.38 bits per heavy atom. The Morgan fingerprint density at radius 3 is 3.00 bits per heavy atom. The molecule has 1 fully saturated rings. The second-order valence-electron chi connectivity index (χ2n) is 4.20. The minimum absolute atomic E-state index is 0.617. The van der Waals surface area contributed by atoms with Gasteiger partial charge in [-0.25, -0.2) is 0 Å². The Labute approximate surface area is 81.7 Å². The van der Waals surface area contributed by atoms with E-state index in [2.05, 4.69) is 24.2 Å². The fourth-order valence-corrected chi connectivity index (χ4v) is 2.09. The van der Waals surface area contributed by atoms with E-state index in [-0.39, 0.29) is 0 Å². The largest absolute Gasteiger partial charge is 0.329 e. The first kappa shape index (κ1) is 11.0. The molecule has 2 atom stereocenters. The summed E-state index contributed by atoms with van der Waals surface area (Å²) < 4.78 is 0. The summed E-state index contributed by atoms with van der Waals surface area (Å²) in [5, 5.41) is 3.47. The monoisotopic (exact) mass is 185 g/mol. The molecule has 1 aliphatic rings. The van der Waals surface area contributed by atoms with Crippen LogP contribution in [0.2, 0.25) is 0 Å². The average molecular weight is 185 g/mol. The molecule has 0 saturated carbocycles. The number of nitrogens with two attached hydrogens (primary N) is 1. The SMILES string of the molecule is CC(NCCN)C1CCCN(C)C1. The van der Waals surface area contributed by atoms with E-state index in [0.29, 0.717) is 6.04 Å². The Hall–Kier alpha value is -0.120. The maximum Gasteiger partial charge on any atom is 0.00797 e. The van der Waals surface area contributed by atoms with Gasteiger partial charge in [-0.15, -0.1) is 0 Å². The van der Waals surface area contributed by atoms with Crippen molar-refractivity contribution in [2.24, 2.45) is 11.7 Å². The second-order valence-corrected chi connectivity index (χ2v) is 4.20. The van der Waals surface area contributed by atoms with E-state index in [1.165, 1.54) is 25.9 Å². The van der Waals surface area contributed by atoms with Gasteiger partial charge in [0.05, 0.1) is 0 Å². The van der Waals surface area contributed by atoms with Gasteiger partial charge in [-0.05, 0) is 39.3 Å². The first-order valence-electron chi connectivity index (χ1n) is 5.36. The van der Waals surface area contributed by atoms with Gasteiger partial charge in [0, 0.05) is 25.7 Å². The van der Waals surface area contributed by atoms with Gasteiger partial charge in [0.15, 0.2) is 0 Å². The molecular weight excluding hydrogens is 162 g/mol. The Kier molecular flexibility index (Phi) is 4.70. The minimum atomic E-state index is 0.617. The Bertz CT molecular complexity index is 138. The molecule has 0 aromatic rings. The second kappa shape index (κ2) is 5.58. The van der Waals surface area contributed by atoms with Crippen molar-refractivity contribution in [3.63, 3.8) is 0 Å². The molecule has 0 bridgehead atoms. The zero-order chi connectivity index (χ0) is 9.68. The van der Waals surface area contributed by atoms with E-state index in [1.54, 1.807) is 0 Å². The van der Waals surface area contributed by atoms with E-state index >= 15 is 0 Å². The van der Waals surface area contributed by atoms with Crippen LogP contribution >= 0.6 is 0 Å². The summed E-state index contributed by atoms with van der Waals surface area (Å²) in [5.74, 6) is 0.810. The van der Waals surface area contributed by atoms with Gasteiger partial charge in [0.1, 0.15) is 0 Å².